The van der Waals surface area contributed by atoms with Gasteiger partial charge in [-0.1, -0.05) is 41.4 Å². The van der Waals surface area contributed by atoms with Crippen LogP contribution in [0, 0.1) is 12.7 Å². The predicted molar refractivity (Wildman–Crippen MR) is 106 cm³/mol. The van der Waals surface area contributed by atoms with Crippen LogP contribution >= 0.6 is 23.2 Å². The van der Waals surface area contributed by atoms with Gasteiger partial charge in [0.05, 0.1) is 0 Å². The van der Waals surface area contributed by atoms with Gasteiger partial charge in [0, 0.05) is 27.8 Å². The van der Waals surface area contributed by atoms with E-state index in [4.69, 9.17) is 27.9 Å². The van der Waals surface area contributed by atoms with Gasteiger partial charge in [0.1, 0.15) is 18.2 Å². The molecule has 0 radical (unpaired) electrons. The van der Waals surface area contributed by atoms with Crippen LogP contribution in [0.3, 0.4) is 0 Å². The van der Waals surface area contributed by atoms with Gasteiger partial charge < -0.3 is 10.1 Å². The van der Waals surface area contributed by atoms with Gasteiger partial charge in [-0.15, -0.1) is 0 Å². The molecule has 2 nitrogen and oxygen atoms in total. The summed E-state index contributed by atoms with van der Waals surface area (Å²) < 4.78 is 18.9. The Bertz CT molecular complexity index is 897. The van der Waals surface area contributed by atoms with Crippen LogP contribution in [-0.4, -0.2) is 0 Å². The van der Waals surface area contributed by atoms with Crippen LogP contribution in [0.15, 0.2) is 60.7 Å². The molecule has 0 unspecified atom stereocenters. The fourth-order valence-corrected chi connectivity index (χ4v) is 2.84. The molecule has 26 heavy (non-hydrogen) atoms. The van der Waals surface area contributed by atoms with Crippen LogP contribution in [0.2, 0.25) is 10.0 Å². The molecule has 0 bridgehead atoms. The minimum Gasteiger partial charge on any atom is -0.489 e. The van der Waals surface area contributed by atoms with E-state index in [1.54, 1.807) is 18.2 Å². The van der Waals surface area contributed by atoms with Gasteiger partial charge in [-0.2, -0.15) is 0 Å². The second-order valence-corrected chi connectivity index (χ2v) is 6.83. The quantitative estimate of drug-likeness (QED) is 0.510. The number of hydrogen-bond acceptors (Lipinski definition) is 2. The average molecular weight is 390 g/mol. The number of rotatable bonds is 6. The third kappa shape index (κ3) is 4.90. The molecule has 5 heteroatoms. The van der Waals surface area contributed by atoms with Gasteiger partial charge in [0.25, 0.3) is 0 Å². The van der Waals surface area contributed by atoms with Crippen molar-refractivity contribution in [2.24, 2.45) is 0 Å². The molecule has 3 rings (SSSR count). The van der Waals surface area contributed by atoms with Crippen LogP contribution in [0.4, 0.5) is 10.1 Å². The molecule has 134 valence electrons. The summed E-state index contributed by atoms with van der Waals surface area (Å²) in [7, 11) is 0. The minimum absolute atomic E-state index is 0.262. The second-order valence-electron chi connectivity index (χ2n) is 5.98. The lowest BCUT2D eigenvalue weighted by Crippen LogP contribution is -2.04. The van der Waals surface area contributed by atoms with Crippen molar-refractivity contribution in [2.75, 3.05) is 5.32 Å². The SMILES string of the molecule is Cc1ccc(NCc2cc(Cl)ccc2OCc2ccc(F)cc2)cc1Cl. The highest BCUT2D eigenvalue weighted by atomic mass is 35.5. The fourth-order valence-electron chi connectivity index (χ4n) is 2.47. The van der Waals surface area contributed by atoms with Crippen molar-refractivity contribution < 1.29 is 9.13 Å². The highest BCUT2D eigenvalue weighted by Gasteiger charge is 2.07. The van der Waals surface area contributed by atoms with E-state index in [-0.39, 0.29) is 5.82 Å². The van der Waals surface area contributed by atoms with E-state index in [9.17, 15) is 4.39 Å². The molecular weight excluding hydrogens is 372 g/mol. The maximum Gasteiger partial charge on any atom is 0.124 e. The molecule has 0 amide bonds. The number of nitrogens with one attached hydrogen (secondary N) is 1. The lowest BCUT2D eigenvalue weighted by atomic mass is 10.1. The zero-order chi connectivity index (χ0) is 18.5. The van der Waals surface area contributed by atoms with E-state index in [2.05, 4.69) is 5.32 Å². The molecule has 0 heterocycles. The lowest BCUT2D eigenvalue weighted by Gasteiger charge is -2.14. The van der Waals surface area contributed by atoms with Gasteiger partial charge in [-0.05, 0) is 60.5 Å². The Hall–Kier alpha value is -2.23. The third-order valence-corrected chi connectivity index (χ3v) is 4.63. The molecule has 0 aliphatic heterocycles. The lowest BCUT2D eigenvalue weighted by molar-refractivity contribution is 0.303. The van der Waals surface area contributed by atoms with E-state index in [0.29, 0.717) is 23.2 Å². The first-order valence-electron chi connectivity index (χ1n) is 8.17. The summed E-state index contributed by atoms with van der Waals surface area (Å²) in [6, 6.07) is 17.6. The Morgan fingerprint density at radius 2 is 1.73 bits per heavy atom. The predicted octanol–water partition coefficient (Wildman–Crippen LogP) is 6.63. The van der Waals surface area contributed by atoms with E-state index in [1.165, 1.54) is 12.1 Å². The van der Waals surface area contributed by atoms with Gasteiger partial charge in [0.2, 0.25) is 0 Å². The molecule has 0 saturated carbocycles. The number of halogens is 3. The van der Waals surface area contributed by atoms with Crippen molar-refractivity contribution in [1.82, 2.24) is 0 Å². The van der Waals surface area contributed by atoms with E-state index in [0.717, 1.165) is 28.1 Å². The standard InChI is InChI=1S/C21H18Cl2FNO/c1-14-2-8-19(11-20(14)23)25-12-16-10-17(22)5-9-21(16)26-13-15-3-6-18(24)7-4-15/h2-11,25H,12-13H2,1H3. The molecule has 0 spiro atoms. The van der Waals surface area contributed by atoms with Crippen molar-refractivity contribution in [3.63, 3.8) is 0 Å². The van der Waals surface area contributed by atoms with Crippen LogP contribution in [-0.2, 0) is 13.2 Å². The summed E-state index contributed by atoms with van der Waals surface area (Å²) in [5, 5.41) is 4.68. The Morgan fingerprint density at radius 3 is 2.46 bits per heavy atom. The number of benzene rings is 3. The van der Waals surface area contributed by atoms with Crippen molar-refractivity contribution in [3.8, 4) is 5.75 Å². The van der Waals surface area contributed by atoms with Crippen molar-refractivity contribution in [1.29, 1.82) is 0 Å². The molecule has 0 aliphatic rings. The van der Waals surface area contributed by atoms with Crippen LogP contribution in [0.5, 0.6) is 5.75 Å². The van der Waals surface area contributed by atoms with E-state index < -0.39 is 0 Å². The summed E-state index contributed by atoms with van der Waals surface area (Å²) >= 11 is 12.3. The number of anilines is 1. The average Bonchev–Trinajstić information content (AvgIpc) is 2.63. The van der Waals surface area contributed by atoms with E-state index in [1.807, 2.05) is 37.3 Å². The van der Waals surface area contributed by atoms with Crippen LogP contribution in [0.1, 0.15) is 16.7 Å². The van der Waals surface area contributed by atoms with Gasteiger partial charge in [-0.3, -0.25) is 0 Å². The molecule has 0 aromatic heterocycles. The summed E-state index contributed by atoms with van der Waals surface area (Å²) in [6.07, 6.45) is 0. The highest BCUT2D eigenvalue weighted by molar-refractivity contribution is 6.31. The fraction of sp³-hybridized carbons (Fsp3) is 0.143. The smallest absolute Gasteiger partial charge is 0.124 e. The highest BCUT2D eigenvalue weighted by Crippen LogP contribution is 2.26. The molecule has 0 saturated heterocycles. The molecule has 0 fully saturated rings. The largest absolute Gasteiger partial charge is 0.489 e. The molecule has 0 atom stereocenters. The third-order valence-electron chi connectivity index (χ3n) is 3.98. The Labute approximate surface area is 162 Å². The van der Waals surface area contributed by atoms with E-state index >= 15 is 0 Å². The maximum atomic E-state index is 13.0. The molecule has 3 aromatic carbocycles. The van der Waals surface area contributed by atoms with Crippen LogP contribution < -0.4 is 10.1 Å². The van der Waals surface area contributed by atoms with Crippen molar-refractivity contribution in [2.45, 2.75) is 20.1 Å². The zero-order valence-electron chi connectivity index (χ0n) is 14.2. The molecule has 3 aromatic rings. The number of hydrogen-bond donors (Lipinski definition) is 1. The first kappa shape index (κ1) is 18.6. The minimum atomic E-state index is -0.262. The first-order valence-corrected chi connectivity index (χ1v) is 8.92. The van der Waals surface area contributed by atoms with Gasteiger partial charge >= 0.3 is 0 Å². The summed E-state index contributed by atoms with van der Waals surface area (Å²) in [5.41, 5.74) is 3.77. The molecule has 0 aliphatic carbocycles. The maximum absolute atomic E-state index is 13.0. The molecular formula is C21H18Cl2FNO. The Balaban J connectivity index is 1.70. The topological polar surface area (TPSA) is 21.3 Å². The summed E-state index contributed by atoms with van der Waals surface area (Å²) in [4.78, 5) is 0. The monoisotopic (exact) mass is 389 g/mol. The number of aryl methyl sites for hydroxylation is 1. The number of ether oxygens (including phenoxy) is 1. The van der Waals surface area contributed by atoms with Gasteiger partial charge in [0.15, 0.2) is 0 Å². The summed E-state index contributed by atoms with van der Waals surface area (Å²) in [5.74, 6) is 0.464. The van der Waals surface area contributed by atoms with Crippen LogP contribution in [0.25, 0.3) is 0 Å². The Kier molecular flexibility index (Phi) is 6.02. The van der Waals surface area contributed by atoms with Crippen molar-refractivity contribution in [3.05, 3.63) is 93.2 Å². The first-order chi connectivity index (χ1) is 12.5. The normalized spacial score (nSPS) is 10.6. The molecule has 1 N–H and O–H groups in total. The Morgan fingerprint density at radius 1 is 0.962 bits per heavy atom. The van der Waals surface area contributed by atoms with Crippen molar-refractivity contribution >= 4 is 28.9 Å². The second kappa shape index (κ2) is 8.43. The zero-order valence-corrected chi connectivity index (χ0v) is 15.7. The summed E-state index contributed by atoms with van der Waals surface area (Å²) in [6.45, 7) is 2.86. The van der Waals surface area contributed by atoms with Gasteiger partial charge in [-0.25, -0.2) is 4.39 Å².